The summed E-state index contributed by atoms with van der Waals surface area (Å²) in [6.07, 6.45) is 6.96. The molecule has 0 spiro atoms. The summed E-state index contributed by atoms with van der Waals surface area (Å²) in [7, 11) is -3.02. The fourth-order valence-electron chi connectivity index (χ4n) is 2.92. The number of hydrogen-bond donors (Lipinski definition) is 1. The zero-order valence-electron chi connectivity index (χ0n) is 12.3. The Balaban J connectivity index is 1.34. The van der Waals surface area contributed by atoms with Crippen LogP contribution in [0.4, 0.5) is 0 Å². The molecule has 3 rings (SSSR count). The molecule has 1 aliphatic heterocycles. The van der Waals surface area contributed by atoms with E-state index in [1.54, 1.807) is 4.31 Å². The van der Waals surface area contributed by atoms with Crippen molar-refractivity contribution in [1.82, 2.24) is 14.5 Å². The minimum Gasteiger partial charge on any atom is -0.314 e. The molecule has 3 fully saturated rings. The average Bonchev–Trinajstić information content (AvgIpc) is 3.31. The number of piperazine rings is 1. The van der Waals surface area contributed by atoms with E-state index in [0.717, 1.165) is 44.6 Å². The molecule has 0 bridgehead atoms. The highest BCUT2D eigenvalue weighted by atomic mass is 32.2. The van der Waals surface area contributed by atoms with Crippen molar-refractivity contribution in [2.45, 2.75) is 50.6 Å². The maximum absolute atomic E-state index is 12.3. The number of rotatable bonds is 8. The Labute approximate surface area is 122 Å². The van der Waals surface area contributed by atoms with Gasteiger partial charge < -0.3 is 5.32 Å². The van der Waals surface area contributed by atoms with E-state index in [4.69, 9.17) is 0 Å². The highest BCUT2D eigenvalue weighted by molar-refractivity contribution is 7.89. The molecule has 0 aromatic carbocycles. The van der Waals surface area contributed by atoms with E-state index in [9.17, 15) is 8.42 Å². The van der Waals surface area contributed by atoms with Crippen LogP contribution in [-0.2, 0) is 10.0 Å². The van der Waals surface area contributed by atoms with Gasteiger partial charge in [0.1, 0.15) is 0 Å². The number of nitrogens with zero attached hydrogens (tertiary/aromatic N) is 2. The number of sulfonamides is 1. The monoisotopic (exact) mass is 301 g/mol. The summed E-state index contributed by atoms with van der Waals surface area (Å²) in [4.78, 5) is 2.45. The van der Waals surface area contributed by atoms with Gasteiger partial charge in [0.05, 0.1) is 5.75 Å². The van der Waals surface area contributed by atoms with E-state index >= 15 is 0 Å². The first-order chi connectivity index (χ1) is 9.65. The quantitative estimate of drug-likeness (QED) is 0.668. The largest absolute Gasteiger partial charge is 0.314 e. The molecule has 116 valence electrons. The van der Waals surface area contributed by atoms with Gasteiger partial charge >= 0.3 is 0 Å². The van der Waals surface area contributed by atoms with Crippen LogP contribution in [0.2, 0.25) is 0 Å². The van der Waals surface area contributed by atoms with Crippen LogP contribution in [0, 0.1) is 0 Å². The number of nitrogens with one attached hydrogen (secondary N) is 1. The SMILES string of the molecule is O=S(=O)(CCCCNC1CC1)N1CCN(C2CC2)CC1. The molecule has 0 aromatic heterocycles. The second kappa shape index (κ2) is 6.30. The van der Waals surface area contributed by atoms with Gasteiger partial charge in [-0.1, -0.05) is 0 Å². The molecule has 0 aromatic rings. The molecule has 2 aliphatic carbocycles. The molecule has 1 saturated heterocycles. The van der Waals surface area contributed by atoms with E-state index in [-0.39, 0.29) is 0 Å². The van der Waals surface area contributed by atoms with Crippen molar-refractivity contribution in [3.63, 3.8) is 0 Å². The van der Waals surface area contributed by atoms with E-state index < -0.39 is 10.0 Å². The molecular weight excluding hydrogens is 274 g/mol. The summed E-state index contributed by atoms with van der Waals surface area (Å²) in [5.74, 6) is 0.322. The number of unbranched alkanes of at least 4 members (excludes halogenated alkanes) is 1. The van der Waals surface area contributed by atoms with Crippen LogP contribution in [0.1, 0.15) is 38.5 Å². The first-order valence-corrected chi connectivity index (χ1v) is 9.71. The van der Waals surface area contributed by atoms with Gasteiger partial charge in [-0.3, -0.25) is 4.90 Å². The third-order valence-electron chi connectivity index (χ3n) is 4.57. The zero-order valence-corrected chi connectivity index (χ0v) is 13.1. The lowest BCUT2D eigenvalue weighted by atomic mass is 10.3. The first-order valence-electron chi connectivity index (χ1n) is 8.10. The van der Waals surface area contributed by atoms with Crippen LogP contribution in [-0.4, -0.2) is 68.2 Å². The maximum Gasteiger partial charge on any atom is 0.214 e. The molecule has 2 saturated carbocycles. The number of hydrogen-bond acceptors (Lipinski definition) is 4. The first kappa shape index (κ1) is 14.8. The van der Waals surface area contributed by atoms with Gasteiger partial charge in [0, 0.05) is 38.3 Å². The summed E-state index contributed by atoms with van der Waals surface area (Å²) in [6, 6.07) is 1.48. The van der Waals surface area contributed by atoms with Crippen molar-refractivity contribution in [2.24, 2.45) is 0 Å². The van der Waals surface area contributed by atoms with Gasteiger partial charge in [0.2, 0.25) is 10.0 Å². The molecule has 0 amide bonds. The summed E-state index contributed by atoms with van der Waals surface area (Å²) in [5.41, 5.74) is 0. The second-order valence-corrected chi connectivity index (χ2v) is 8.51. The summed E-state index contributed by atoms with van der Waals surface area (Å²) < 4.78 is 26.3. The molecule has 0 unspecified atom stereocenters. The van der Waals surface area contributed by atoms with E-state index in [1.165, 1.54) is 25.7 Å². The third-order valence-corrected chi connectivity index (χ3v) is 6.53. The third kappa shape index (κ3) is 4.16. The fourth-order valence-corrected chi connectivity index (χ4v) is 4.47. The van der Waals surface area contributed by atoms with Gasteiger partial charge in [-0.2, -0.15) is 4.31 Å². The van der Waals surface area contributed by atoms with Crippen molar-refractivity contribution in [1.29, 1.82) is 0 Å². The van der Waals surface area contributed by atoms with Crippen molar-refractivity contribution < 1.29 is 8.42 Å². The van der Waals surface area contributed by atoms with E-state index in [2.05, 4.69) is 10.2 Å². The molecular formula is C14H27N3O2S. The predicted molar refractivity (Wildman–Crippen MR) is 80.2 cm³/mol. The summed E-state index contributed by atoms with van der Waals surface area (Å²) in [5, 5.41) is 3.43. The summed E-state index contributed by atoms with van der Waals surface area (Å²) in [6.45, 7) is 4.20. The van der Waals surface area contributed by atoms with Crippen molar-refractivity contribution in [3.05, 3.63) is 0 Å². The smallest absolute Gasteiger partial charge is 0.214 e. The lowest BCUT2D eigenvalue weighted by molar-refractivity contribution is 0.180. The Morgan fingerprint density at radius 3 is 2.25 bits per heavy atom. The minimum absolute atomic E-state index is 0.322. The Bertz CT molecular complexity index is 410. The minimum atomic E-state index is -3.02. The van der Waals surface area contributed by atoms with Crippen LogP contribution < -0.4 is 5.32 Å². The topological polar surface area (TPSA) is 52.7 Å². The van der Waals surface area contributed by atoms with Crippen LogP contribution in [0.25, 0.3) is 0 Å². The molecule has 5 nitrogen and oxygen atoms in total. The van der Waals surface area contributed by atoms with Crippen LogP contribution in [0.15, 0.2) is 0 Å². The summed E-state index contributed by atoms with van der Waals surface area (Å²) >= 11 is 0. The van der Waals surface area contributed by atoms with Gasteiger partial charge in [-0.15, -0.1) is 0 Å². The molecule has 6 heteroatoms. The molecule has 0 radical (unpaired) electrons. The van der Waals surface area contributed by atoms with Crippen molar-refractivity contribution in [2.75, 3.05) is 38.5 Å². The molecule has 3 aliphatic rings. The Kier molecular flexibility index (Phi) is 4.65. The van der Waals surface area contributed by atoms with E-state index in [1.807, 2.05) is 0 Å². The highest BCUT2D eigenvalue weighted by Crippen LogP contribution is 2.27. The predicted octanol–water partition coefficient (Wildman–Crippen LogP) is 0.628. The van der Waals surface area contributed by atoms with Crippen molar-refractivity contribution >= 4 is 10.0 Å². The zero-order chi connectivity index (χ0) is 14.0. The van der Waals surface area contributed by atoms with Crippen LogP contribution >= 0.6 is 0 Å². The standard InChI is InChI=1S/C14H27N3O2S/c18-20(19,12-2-1-7-15-13-3-4-13)17-10-8-16(9-11-17)14-5-6-14/h13-15H,1-12H2. The fraction of sp³-hybridized carbons (Fsp3) is 1.00. The van der Waals surface area contributed by atoms with Crippen LogP contribution in [0.5, 0.6) is 0 Å². The molecule has 1 N–H and O–H groups in total. The molecule has 1 heterocycles. The second-order valence-electron chi connectivity index (χ2n) is 6.42. The van der Waals surface area contributed by atoms with Gasteiger partial charge in [0.25, 0.3) is 0 Å². The van der Waals surface area contributed by atoms with Crippen LogP contribution in [0.3, 0.4) is 0 Å². The molecule has 20 heavy (non-hydrogen) atoms. The Hall–Kier alpha value is -0.170. The van der Waals surface area contributed by atoms with E-state index in [0.29, 0.717) is 18.8 Å². The Morgan fingerprint density at radius 2 is 1.65 bits per heavy atom. The lowest BCUT2D eigenvalue weighted by Gasteiger charge is -2.34. The molecule has 0 atom stereocenters. The van der Waals surface area contributed by atoms with Gasteiger partial charge in [-0.25, -0.2) is 8.42 Å². The maximum atomic E-state index is 12.3. The average molecular weight is 301 g/mol. The normalized spacial score (nSPS) is 26.0. The Morgan fingerprint density at radius 1 is 0.950 bits per heavy atom. The van der Waals surface area contributed by atoms with Crippen molar-refractivity contribution in [3.8, 4) is 0 Å². The lowest BCUT2D eigenvalue weighted by Crippen LogP contribution is -2.49. The van der Waals surface area contributed by atoms with Gasteiger partial charge in [-0.05, 0) is 45.1 Å². The highest BCUT2D eigenvalue weighted by Gasteiger charge is 2.34. The van der Waals surface area contributed by atoms with Gasteiger partial charge in [0.15, 0.2) is 0 Å².